The number of fused-ring (bicyclic) bond motifs is 6. The molecule has 0 aliphatic carbocycles. The number of pyridine rings is 3. The first-order valence-electron chi connectivity index (χ1n) is 12.4. The fourth-order valence-electron chi connectivity index (χ4n) is 5.98. The van der Waals surface area contributed by atoms with Crippen LogP contribution in [0.4, 0.5) is 0 Å². The lowest BCUT2D eigenvalue weighted by Gasteiger charge is -2.18. The van der Waals surface area contributed by atoms with Crippen molar-refractivity contribution in [3.05, 3.63) is 140 Å². The Morgan fingerprint density at radius 2 is 0.842 bits per heavy atom. The average molecular weight is 491 g/mol. The summed E-state index contributed by atoms with van der Waals surface area (Å²) in [5, 5.41) is 3.46. The lowest BCUT2D eigenvalue weighted by molar-refractivity contribution is 1.16. The number of aromatic nitrogens is 2. The third-order valence-corrected chi connectivity index (χ3v) is 7.64. The number of para-hydroxylation sites is 4. The van der Waals surface area contributed by atoms with Gasteiger partial charge in [-0.05, 0) is 66.7 Å². The molecule has 3 heterocycles. The van der Waals surface area contributed by atoms with Gasteiger partial charge in [-0.3, -0.25) is 14.4 Å². The standard InChI is InChI=1S/C33H18N2O3/c36-31-20-8-1-4-13-26(20)34(27-14-5-2-9-21(27)31)19-16-17-23-29(18-19)35-28-15-6-3-10-22(28)32(37)24-11-7-12-25(30(24)35)33(23)38/h1-18H. The average Bonchev–Trinajstić information content (AvgIpc) is 2.97. The Morgan fingerprint density at radius 1 is 0.395 bits per heavy atom. The molecule has 0 fully saturated rings. The summed E-state index contributed by atoms with van der Waals surface area (Å²) in [6, 6.07) is 33.8. The summed E-state index contributed by atoms with van der Waals surface area (Å²) in [4.78, 5) is 40.4. The third-order valence-electron chi connectivity index (χ3n) is 7.64. The fraction of sp³-hybridized carbons (Fsp3) is 0. The van der Waals surface area contributed by atoms with Crippen LogP contribution in [0.15, 0.2) is 124 Å². The van der Waals surface area contributed by atoms with Crippen molar-refractivity contribution in [2.24, 2.45) is 0 Å². The summed E-state index contributed by atoms with van der Waals surface area (Å²) in [7, 11) is 0. The van der Waals surface area contributed by atoms with Crippen LogP contribution in [-0.2, 0) is 0 Å². The zero-order chi connectivity index (χ0) is 25.5. The SMILES string of the molecule is O=c1c2ccccc2n(-c2ccc3c(=O)c4cccc5c(=O)c6ccccc6n(c3c2)c54)c2ccccc12. The van der Waals surface area contributed by atoms with Crippen molar-refractivity contribution in [1.82, 2.24) is 8.97 Å². The normalized spacial score (nSPS) is 12.0. The van der Waals surface area contributed by atoms with Crippen molar-refractivity contribution >= 4 is 59.9 Å². The van der Waals surface area contributed by atoms with Crippen LogP contribution < -0.4 is 16.3 Å². The lowest BCUT2D eigenvalue weighted by Crippen LogP contribution is -2.14. The van der Waals surface area contributed by atoms with Crippen LogP contribution in [0, 0.1) is 0 Å². The second-order valence-electron chi connectivity index (χ2n) is 9.61. The lowest BCUT2D eigenvalue weighted by atomic mass is 10.0. The molecule has 0 radical (unpaired) electrons. The monoisotopic (exact) mass is 490 g/mol. The van der Waals surface area contributed by atoms with E-state index < -0.39 is 0 Å². The van der Waals surface area contributed by atoms with Gasteiger partial charge in [0.15, 0.2) is 16.3 Å². The van der Waals surface area contributed by atoms with Gasteiger partial charge in [0.05, 0.1) is 27.6 Å². The largest absolute Gasteiger partial charge is 0.309 e. The minimum absolute atomic E-state index is 0.0115. The van der Waals surface area contributed by atoms with E-state index in [0.29, 0.717) is 43.4 Å². The fourth-order valence-corrected chi connectivity index (χ4v) is 5.98. The van der Waals surface area contributed by atoms with Gasteiger partial charge in [-0.25, -0.2) is 0 Å². The molecule has 5 nitrogen and oxygen atoms in total. The van der Waals surface area contributed by atoms with E-state index >= 15 is 0 Å². The Morgan fingerprint density at radius 3 is 1.45 bits per heavy atom. The molecule has 3 aromatic heterocycles. The summed E-state index contributed by atoms with van der Waals surface area (Å²) in [6.07, 6.45) is 0. The second-order valence-corrected chi connectivity index (χ2v) is 9.61. The molecule has 8 rings (SSSR count). The van der Waals surface area contributed by atoms with E-state index in [-0.39, 0.29) is 16.3 Å². The maximum atomic E-state index is 13.7. The molecule has 5 heteroatoms. The van der Waals surface area contributed by atoms with Gasteiger partial charge in [0.2, 0.25) is 0 Å². The van der Waals surface area contributed by atoms with E-state index in [1.165, 1.54) is 0 Å². The maximum Gasteiger partial charge on any atom is 0.197 e. The highest BCUT2D eigenvalue weighted by atomic mass is 16.1. The van der Waals surface area contributed by atoms with Gasteiger partial charge in [0.25, 0.3) is 0 Å². The maximum absolute atomic E-state index is 13.7. The number of hydrogen-bond acceptors (Lipinski definition) is 3. The number of benzene rings is 5. The summed E-state index contributed by atoms with van der Waals surface area (Å²) in [5.41, 5.74) is 4.27. The molecule has 0 aliphatic rings. The van der Waals surface area contributed by atoms with Gasteiger partial charge >= 0.3 is 0 Å². The second kappa shape index (κ2) is 7.37. The van der Waals surface area contributed by atoms with Crippen LogP contribution in [0.3, 0.4) is 0 Å². The van der Waals surface area contributed by atoms with Crippen LogP contribution in [0.2, 0.25) is 0 Å². The Hall–Kier alpha value is -5.29. The zero-order valence-corrected chi connectivity index (χ0v) is 20.0. The molecular weight excluding hydrogens is 472 g/mol. The molecule has 0 aliphatic heterocycles. The molecule has 0 saturated carbocycles. The topological polar surface area (TPSA) is 60.5 Å². The van der Waals surface area contributed by atoms with E-state index in [1.54, 1.807) is 18.2 Å². The first-order chi connectivity index (χ1) is 18.6. The minimum Gasteiger partial charge on any atom is -0.309 e. The molecule has 0 saturated heterocycles. The summed E-state index contributed by atoms with van der Waals surface area (Å²) in [5.74, 6) is 0. The third kappa shape index (κ3) is 2.57. The van der Waals surface area contributed by atoms with Crippen LogP contribution in [0.5, 0.6) is 0 Å². The first-order valence-corrected chi connectivity index (χ1v) is 12.4. The molecule has 8 aromatic rings. The van der Waals surface area contributed by atoms with Crippen molar-refractivity contribution < 1.29 is 0 Å². The predicted octanol–water partition coefficient (Wildman–Crippen LogP) is 6.01. The molecule has 0 spiro atoms. The summed E-state index contributed by atoms with van der Waals surface area (Å²) in [6.45, 7) is 0. The van der Waals surface area contributed by atoms with Gasteiger partial charge in [-0.1, -0.05) is 42.5 Å². The van der Waals surface area contributed by atoms with Crippen molar-refractivity contribution in [2.45, 2.75) is 0 Å². The molecule has 5 aromatic carbocycles. The molecule has 0 atom stereocenters. The van der Waals surface area contributed by atoms with E-state index in [9.17, 15) is 14.4 Å². The smallest absolute Gasteiger partial charge is 0.197 e. The highest BCUT2D eigenvalue weighted by Gasteiger charge is 2.18. The molecule has 38 heavy (non-hydrogen) atoms. The number of rotatable bonds is 1. The van der Waals surface area contributed by atoms with Gasteiger partial charge in [-0.15, -0.1) is 0 Å². The Bertz CT molecular complexity index is 2400. The molecule has 178 valence electrons. The van der Waals surface area contributed by atoms with Crippen molar-refractivity contribution in [3.63, 3.8) is 0 Å². The first kappa shape index (κ1) is 20.9. The van der Waals surface area contributed by atoms with Crippen LogP contribution >= 0.6 is 0 Å². The van der Waals surface area contributed by atoms with Crippen molar-refractivity contribution in [3.8, 4) is 5.69 Å². The van der Waals surface area contributed by atoms with Crippen molar-refractivity contribution in [2.75, 3.05) is 0 Å². The van der Waals surface area contributed by atoms with Crippen LogP contribution in [-0.4, -0.2) is 8.97 Å². The van der Waals surface area contributed by atoms with E-state index in [4.69, 9.17) is 0 Å². The Labute approximate surface area is 214 Å². The van der Waals surface area contributed by atoms with Gasteiger partial charge in [0.1, 0.15) is 0 Å². The summed E-state index contributed by atoms with van der Waals surface area (Å²) >= 11 is 0. The van der Waals surface area contributed by atoms with E-state index in [0.717, 1.165) is 22.2 Å². The Kier molecular flexibility index (Phi) is 4.04. The minimum atomic E-state index is -0.110. The number of nitrogens with zero attached hydrogens (tertiary/aromatic N) is 2. The van der Waals surface area contributed by atoms with Gasteiger partial charge in [0, 0.05) is 38.0 Å². The number of hydrogen-bond donors (Lipinski definition) is 0. The highest BCUT2D eigenvalue weighted by molar-refractivity contribution is 6.08. The van der Waals surface area contributed by atoms with E-state index in [2.05, 4.69) is 4.57 Å². The molecule has 0 amide bonds. The van der Waals surface area contributed by atoms with Crippen LogP contribution in [0.1, 0.15) is 0 Å². The van der Waals surface area contributed by atoms with Crippen molar-refractivity contribution in [1.29, 1.82) is 0 Å². The van der Waals surface area contributed by atoms with Crippen LogP contribution in [0.25, 0.3) is 65.6 Å². The molecule has 0 unspecified atom stereocenters. The quantitative estimate of drug-likeness (QED) is 0.209. The van der Waals surface area contributed by atoms with E-state index in [1.807, 2.05) is 95.4 Å². The molecule has 0 bridgehead atoms. The highest BCUT2D eigenvalue weighted by Crippen LogP contribution is 2.30. The zero-order valence-electron chi connectivity index (χ0n) is 20.0. The van der Waals surface area contributed by atoms with Gasteiger partial charge < -0.3 is 8.97 Å². The Balaban J connectivity index is 1.64. The summed E-state index contributed by atoms with van der Waals surface area (Å²) < 4.78 is 4.10. The molecular formula is C33H18N2O3. The predicted molar refractivity (Wildman–Crippen MR) is 154 cm³/mol. The van der Waals surface area contributed by atoms with Gasteiger partial charge in [-0.2, -0.15) is 0 Å². The molecule has 0 N–H and O–H groups in total.